The average molecular weight is 354 g/mol. The third-order valence-electron chi connectivity index (χ3n) is 5.31. The Hall–Kier alpha value is -1.50. The van der Waals surface area contributed by atoms with Crippen LogP contribution in [0.2, 0.25) is 0 Å². The van der Waals surface area contributed by atoms with Crippen LogP contribution < -0.4 is 5.32 Å². The number of likely N-dealkylation sites (tertiary alicyclic amines) is 1. The molecule has 0 unspecified atom stereocenters. The van der Waals surface area contributed by atoms with Crippen molar-refractivity contribution in [2.75, 3.05) is 66.0 Å². The molecule has 2 rings (SSSR count). The van der Waals surface area contributed by atoms with Crippen molar-refractivity contribution in [2.24, 2.45) is 10.9 Å². The Kier molecular flexibility index (Phi) is 8.31. The molecule has 0 aromatic carbocycles. The number of piperidine rings is 1. The summed E-state index contributed by atoms with van der Waals surface area (Å²) in [5.74, 6) is 1.78. The Morgan fingerprint density at radius 3 is 2.28 bits per heavy atom. The molecular weight excluding hydrogens is 318 g/mol. The monoisotopic (exact) mass is 353 g/mol. The van der Waals surface area contributed by atoms with Crippen LogP contribution in [0.25, 0.3) is 0 Å². The molecule has 25 heavy (non-hydrogen) atoms. The lowest BCUT2D eigenvalue weighted by Crippen LogP contribution is -2.54. The molecule has 1 amide bonds. The van der Waals surface area contributed by atoms with E-state index in [1.165, 1.54) is 38.9 Å². The lowest BCUT2D eigenvalue weighted by atomic mass is 9.93. The maximum absolute atomic E-state index is 11.8. The van der Waals surface area contributed by atoms with Gasteiger partial charge in [0, 0.05) is 39.8 Å². The number of carbonyl (C=O) groups is 1. The molecule has 7 nitrogen and oxygen atoms in total. The molecule has 0 saturated carbocycles. The van der Waals surface area contributed by atoms with Gasteiger partial charge in [-0.05, 0) is 51.7 Å². The number of ether oxygens (including phenoxy) is 1. The van der Waals surface area contributed by atoms with Crippen LogP contribution >= 0.6 is 0 Å². The molecule has 0 aromatic heterocycles. The highest BCUT2D eigenvalue weighted by Gasteiger charge is 2.24. The van der Waals surface area contributed by atoms with E-state index >= 15 is 0 Å². The molecule has 144 valence electrons. The summed E-state index contributed by atoms with van der Waals surface area (Å²) in [5, 5.41) is 3.51. The number of hydrogen-bond donors (Lipinski definition) is 1. The third-order valence-corrected chi connectivity index (χ3v) is 5.31. The predicted molar refractivity (Wildman–Crippen MR) is 101 cm³/mol. The Labute approximate surface area is 152 Å². The van der Waals surface area contributed by atoms with Crippen LogP contribution in [0, 0.1) is 5.92 Å². The van der Waals surface area contributed by atoms with E-state index in [2.05, 4.69) is 27.0 Å². The maximum Gasteiger partial charge on any atom is 0.409 e. The van der Waals surface area contributed by atoms with E-state index in [-0.39, 0.29) is 6.09 Å². The van der Waals surface area contributed by atoms with Crippen LogP contribution in [-0.2, 0) is 4.74 Å². The Bertz CT molecular complexity index is 427. The van der Waals surface area contributed by atoms with E-state index in [1.807, 2.05) is 14.0 Å². The number of amides is 1. The van der Waals surface area contributed by atoms with Crippen molar-refractivity contribution in [3.8, 4) is 0 Å². The number of carbonyl (C=O) groups excluding carboxylic acids is 1. The molecule has 1 N–H and O–H groups in total. The van der Waals surface area contributed by atoms with Crippen molar-refractivity contribution in [2.45, 2.75) is 33.1 Å². The molecule has 0 bridgehead atoms. The van der Waals surface area contributed by atoms with Crippen LogP contribution in [0.1, 0.15) is 33.1 Å². The second kappa shape index (κ2) is 10.5. The predicted octanol–water partition coefficient (Wildman–Crippen LogP) is 1.46. The highest BCUT2D eigenvalue weighted by atomic mass is 16.6. The minimum Gasteiger partial charge on any atom is -0.450 e. The Morgan fingerprint density at radius 2 is 1.72 bits per heavy atom. The lowest BCUT2D eigenvalue weighted by molar-refractivity contribution is 0.0914. The summed E-state index contributed by atoms with van der Waals surface area (Å²) >= 11 is 0. The fourth-order valence-corrected chi connectivity index (χ4v) is 3.63. The number of guanidine groups is 1. The fraction of sp³-hybridized carbons (Fsp3) is 0.889. The highest BCUT2D eigenvalue weighted by molar-refractivity contribution is 5.80. The molecule has 0 radical (unpaired) electrons. The molecule has 7 heteroatoms. The van der Waals surface area contributed by atoms with E-state index in [0.717, 1.165) is 31.5 Å². The van der Waals surface area contributed by atoms with Gasteiger partial charge in [0.25, 0.3) is 0 Å². The summed E-state index contributed by atoms with van der Waals surface area (Å²) in [6.07, 6.45) is 3.63. The van der Waals surface area contributed by atoms with Crippen LogP contribution in [0.15, 0.2) is 4.99 Å². The zero-order chi connectivity index (χ0) is 18.1. The summed E-state index contributed by atoms with van der Waals surface area (Å²) in [6.45, 7) is 12.1. The number of rotatable bonds is 5. The summed E-state index contributed by atoms with van der Waals surface area (Å²) < 4.78 is 5.07. The quantitative estimate of drug-likeness (QED) is 0.599. The van der Waals surface area contributed by atoms with Crippen molar-refractivity contribution in [1.82, 2.24) is 20.0 Å². The van der Waals surface area contributed by atoms with Gasteiger partial charge in [-0.3, -0.25) is 4.99 Å². The normalized spacial score (nSPS) is 20.7. The summed E-state index contributed by atoms with van der Waals surface area (Å²) in [6, 6.07) is 0. The average Bonchev–Trinajstić information content (AvgIpc) is 2.66. The highest BCUT2D eigenvalue weighted by Crippen LogP contribution is 2.19. The first-order chi connectivity index (χ1) is 12.2. The Morgan fingerprint density at radius 1 is 1.08 bits per heavy atom. The number of aliphatic imine (C=N–C) groups is 1. The standard InChI is InChI=1S/C18H35N5O2/c1-4-21-10-7-16(8-11-21)6-9-20-17(19-3)22-12-14-23(15-13-22)18(24)25-5-2/h16H,4-15H2,1-3H3,(H,19,20). The van der Waals surface area contributed by atoms with Gasteiger partial charge in [0.05, 0.1) is 6.61 Å². The van der Waals surface area contributed by atoms with Crippen LogP contribution in [-0.4, -0.2) is 92.8 Å². The molecule has 2 aliphatic rings. The molecule has 2 heterocycles. The first kappa shape index (κ1) is 19.8. The molecule has 0 atom stereocenters. The van der Waals surface area contributed by atoms with E-state index in [4.69, 9.17) is 4.74 Å². The van der Waals surface area contributed by atoms with Crippen LogP contribution in [0.4, 0.5) is 4.79 Å². The minimum atomic E-state index is -0.205. The smallest absolute Gasteiger partial charge is 0.409 e. The number of hydrogen-bond acceptors (Lipinski definition) is 4. The molecule has 0 spiro atoms. The van der Waals surface area contributed by atoms with Gasteiger partial charge in [-0.15, -0.1) is 0 Å². The maximum atomic E-state index is 11.8. The van der Waals surface area contributed by atoms with E-state index in [0.29, 0.717) is 19.7 Å². The van der Waals surface area contributed by atoms with E-state index < -0.39 is 0 Å². The topological polar surface area (TPSA) is 60.4 Å². The van der Waals surface area contributed by atoms with Crippen molar-refractivity contribution in [3.05, 3.63) is 0 Å². The second-order valence-electron chi connectivity index (χ2n) is 6.81. The van der Waals surface area contributed by atoms with Crippen molar-refractivity contribution in [3.63, 3.8) is 0 Å². The largest absolute Gasteiger partial charge is 0.450 e. The fourth-order valence-electron chi connectivity index (χ4n) is 3.63. The molecule has 2 aliphatic heterocycles. The van der Waals surface area contributed by atoms with Gasteiger partial charge in [-0.25, -0.2) is 4.79 Å². The lowest BCUT2D eigenvalue weighted by Gasteiger charge is -2.36. The van der Waals surface area contributed by atoms with Gasteiger partial charge in [0.15, 0.2) is 5.96 Å². The number of nitrogens with zero attached hydrogens (tertiary/aromatic N) is 4. The van der Waals surface area contributed by atoms with Gasteiger partial charge < -0.3 is 24.8 Å². The Balaban J connectivity index is 1.67. The van der Waals surface area contributed by atoms with Crippen molar-refractivity contribution >= 4 is 12.1 Å². The first-order valence-corrected chi connectivity index (χ1v) is 9.77. The molecular formula is C18H35N5O2. The molecule has 0 aliphatic carbocycles. The van der Waals surface area contributed by atoms with E-state index in [9.17, 15) is 4.79 Å². The van der Waals surface area contributed by atoms with Crippen molar-refractivity contribution in [1.29, 1.82) is 0 Å². The SMILES string of the molecule is CCOC(=O)N1CCN(C(=NC)NCCC2CCN(CC)CC2)CC1. The number of nitrogens with one attached hydrogen (secondary N) is 1. The molecule has 2 fully saturated rings. The van der Waals surface area contributed by atoms with Crippen molar-refractivity contribution < 1.29 is 9.53 Å². The van der Waals surface area contributed by atoms with Crippen LogP contribution in [0.5, 0.6) is 0 Å². The zero-order valence-corrected chi connectivity index (χ0v) is 16.2. The van der Waals surface area contributed by atoms with Gasteiger partial charge in [0.1, 0.15) is 0 Å². The summed E-state index contributed by atoms with van der Waals surface area (Å²) in [5.41, 5.74) is 0. The van der Waals surface area contributed by atoms with Crippen LogP contribution in [0.3, 0.4) is 0 Å². The summed E-state index contributed by atoms with van der Waals surface area (Å²) in [7, 11) is 1.83. The minimum absolute atomic E-state index is 0.205. The number of piperazine rings is 1. The molecule has 0 aromatic rings. The first-order valence-electron chi connectivity index (χ1n) is 9.77. The van der Waals surface area contributed by atoms with Gasteiger partial charge in [0.2, 0.25) is 0 Å². The second-order valence-corrected chi connectivity index (χ2v) is 6.81. The van der Waals surface area contributed by atoms with Gasteiger partial charge in [-0.1, -0.05) is 6.92 Å². The van der Waals surface area contributed by atoms with E-state index in [1.54, 1.807) is 4.90 Å². The molecule has 2 saturated heterocycles. The summed E-state index contributed by atoms with van der Waals surface area (Å²) in [4.78, 5) is 22.7. The zero-order valence-electron chi connectivity index (χ0n) is 16.2. The van der Waals surface area contributed by atoms with Gasteiger partial charge in [-0.2, -0.15) is 0 Å². The van der Waals surface area contributed by atoms with Gasteiger partial charge >= 0.3 is 6.09 Å². The third kappa shape index (κ3) is 6.06.